The van der Waals surface area contributed by atoms with E-state index in [0.717, 1.165) is 16.9 Å². The highest BCUT2D eigenvalue weighted by molar-refractivity contribution is 5.78. The minimum Gasteiger partial charge on any atom is -0.494 e. The Bertz CT molecular complexity index is 642. The van der Waals surface area contributed by atoms with Gasteiger partial charge in [-0.1, -0.05) is 24.3 Å². The lowest BCUT2D eigenvalue weighted by molar-refractivity contribution is -0.120. The molecule has 128 valence electrons. The topological polar surface area (TPSA) is 47.6 Å². The number of alkyl halides is 2. The first kappa shape index (κ1) is 17.7. The Morgan fingerprint density at radius 3 is 2.17 bits per heavy atom. The molecule has 0 saturated heterocycles. The molecule has 4 nitrogen and oxygen atoms in total. The highest BCUT2D eigenvalue weighted by Crippen LogP contribution is 2.15. The molecule has 0 fully saturated rings. The Morgan fingerprint density at radius 2 is 1.58 bits per heavy atom. The lowest BCUT2D eigenvalue weighted by Gasteiger charge is -2.08. The van der Waals surface area contributed by atoms with Crippen LogP contribution in [-0.2, 0) is 17.8 Å². The van der Waals surface area contributed by atoms with Crippen molar-refractivity contribution >= 4 is 5.91 Å². The van der Waals surface area contributed by atoms with E-state index in [1.54, 1.807) is 12.1 Å². The molecular formula is C18H19F2NO3. The maximum atomic E-state index is 12.1. The van der Waals surface area contributed by atoms with E-state index < -0.39 is 6.61 Å². The van der Waals surface area contributed by atoms with Crippen molar-refractivity contribution in [3.8, 4) is 11.5 Å². The fourth-order valence-electron chi connectivity index (χ4n) is 2.11. The number of benzene rings is 2. The Labute approximate surface area is 139 Å². The highest BCUT2D eigenvalue weighted by Gasteiger charge is 2.06. The maximum absolute atomic E-state index is 12.1. The smallest absolute Gasteiger partial charge is 0.387 e. The van der Waals surface area contributed by atoms with Gasteiger partial charge in [-0.3, -0.25) is 4.79 Å². The van der Waals surface area contributed by atoms with Crippen LogP contribution in [0, 0.1) is 0 Å². The monoisotopic (exact) mass is 335 g/mol. The van der Waals surface area contributed by atoms with Crippen LogP contribution < -0.4 is 14.8 Å². The highest BCUT2D eigenvalue weighted by atomic mass is 19.3. The van der Waals surface area contributed by atoms with E-state index in [1.165, 1.54) is 12.1 Å². The molecule has 1 N–H and O–H groups in total. The van der Waals surface area contributed by atoms with Crippen LogP contribution in [0.3, 0.4) is 0 Å². The normalized spacial score (nSPS) is 10.5. The SMILES string of the molecule is CCOc1ccc(CC(=O)NCc2ccc(OC(F)F)cc2)cc1. The molecule has 0 aliphatic rings. The second kappa shape index (κ2) is 8.86. The van der Waals surface area contributed by atoms with Gasteiger partial charge in [0, 0.05) is 6.54 Å². The van der Waals surface area contributed by atoms with E-state index in [-0.39, 0.29) is 18.1 Å². The van der Waals surface area contributed by atoms with Crippen molar-refractivity contribution in [2.75, 3.05) is 6.61 Å². The number of hydrogen-bond acceptors (Lipinski definition) is 3. The molecule has 0 saturated carbocycles. The molecule has 0 heterocycles. The number of carbonyl (C=O) groups excluding carboxylic acids is 1. The standard InChI is InChI=1S/C18H19F2NO3/c1-2-23-15-7-3-13(4-8-15)11-17(22)21-12-14-5-9-16(10-6-14)24-18(19)20/h3-10,18H,2,11-12H2,1H3,(H,21,22). The molecule has 0 aliphatic carbocycles. The van der Waals surface area contributed by atoms with Gasteiger partial charge in [-0.15, -0.1) is 0 Å². The van der Waals surface area contributed by atoms with Gasteiger partial charge in [0.2, 0.25) is 5.91 Å². The van der Waals surface area contributed by atoms with Crippen LogP contribution in [0.25, 0.3) is 0 Å². The molecule has 2 aromatic rings. The van der Waals surface area contributed by atoms with Gasteiger partial charge in [0.1, 0.15) is 11.5 Å². The molecular weight excluding hydrogens is 316 g/mol. The van der Waals surface area contributed by atoms with Crippen molar-refractivity contribution in [2.24, 2.45) is 0 Å². The Hall–Kier alpha value is -2.63. The zero-order valence-electron chi connectivity index (χ0n) is 13.3. The summed E-state index contributed by atoms with van der Waals surface area (Å²) in [5, 5.41) is 2.79. The zero-order valence-corrected chi connectivity index (χ0v) is 13.3. The second-order valence-electron chi connectivity index (χ2n) is 5.05. The van der Waals surface area contributed by atoms with Crippen molar-refractivity contribution in [3.05, 3.63) is 59.7 Å². The van der Waals surface area contributed by atoms with Gasteiger partial charge in [0.25, 0.3) is 0 Å². The number of hydrogen-bond donors (Lipinski definition) is 1. The van der Waals surface area contributed by atoms with Crippen molar-refractivity contribution in [3.63, 3.8) is 0 Å². The summed E-state index contributed by atoms with van der Waals surface area (Å²) in [5.41, 5.74) is 1.69. The molecule has 0 aromatic heterocycles. The third kappa shape index (κ3) is 5.87. The van der Waals surface area contributed by atoms with Crippen LogP contribution in [0.4, 0.5) is 8.78 Å². The average molecular weight is 335 g/mol. The number of carbonyl (C=O) groups is 1. The Kier molecular flexibility index (Phi) is 6.54. The first-order chi connectivity index (χ1) is 11.6. The summed E-state index contributed by atoms with van der Waals surface area (Å²) < 4.78 is 33.7. The van der Waals surface area contributed by atoms with Crippen LogP contribution >= 0.6 is 0 Å². The van der Waals surface area contributed by atoms with Crippen LogP contribution in [0.15, 0.2) is 48.5 Å². The van der Waals surface area contributed by atoms with E-state index in [4.69, 9.17) is 4.74 Å². The number of amides is 1. The maximum Gasteiger partial charge on any atom is 0.387 e. The van der Waals surface area contributed by atoms with E-state index in [2.05, 4.69) is 10.1 Å². The van der Waals surface area contributed by atoms with Crippen molar-refractivity contribution in [2.45, 2.75) is 26.5 Å². The van der Waals surface area contributed by atoms with Crippen molar-refractivity contribution < 1.29 is 23.0 Å². The van der Waals surface area contributed by atoms with E-state index in [1.807, 2.05) is 31.2 Å². The molecule has 2 aromatic carbocycles. The Balaban J connectivity index is 1.80. The van der Waals surface area contributed by atoms with Gasteiger partial charge in [-0.05, 0) is 42.3 Å². The van der Waals surface area contributed by atoms with Crippen LogP contribution in [-0.4, -0.2) is 19.1 Å². The summed E-state index contributed by atoms with van der Waals surface area (Å²) in [6.07, 6.45) is 0.263. The molecule has 0 radical (unpaired) electrons. The van der Waals surface area contributed by atoms with Crippen LogP contribution in [0.2, 0.25) is 0 Å². The predicted molar refractivity (Wildman–Crippen MR) is 86.2 cm³/mol. The molecule has 1 amide bonds. The molecule has 2 rings (SSSR count). The summed E-state index contributed by atoms with van der Waals surface area (Å²) in [6.45, 7) is -0.0102. The van der Waals surface area contributed by atoms with Gasteiger partial charge in [0.05, 0.1) is 13.0 Å². The number of halogens is 2. The molecule has 0 atom stereocenters. The average Bonchev–Trinajstić information content (AvgIpc) is 2.56. The second-order valence-corrected chi connectivity index (χ2v) is 5.05. The Morgan fingerprint density at radius 1 is 1.00 bits per heavy atom. The number of ether oxygens (including phenoxy) is 2. The minimum atomic E-state index is -2.84. The third-order valence-corrected chi connectivity index (χ3v) is 3.24. The molecule has 0 unspecified atom stereocenters. The molecule has 0 aliphatic heterocycles. The number of nitrogens with one attached hydrogen (secondary N) is 1. The lowest BCUT2D eigenvalue weighted by atomic mass is 10.1. The zero-order chi connectivity index (χ0) is 17.4. The van der Waals surface area contributed by atoms with E-state index in [9.17, 15) is 13.6 Å². The first-order valence-electron chi connectivity index (χ1n) is 7.59. The number of rotatable bonds is 8. The van der Waals surface area contributed by atoms with E-state index in [0.29, 0.717) is 13.2 Å². The molecule has 0 spiro atoms. The van der Waals surface area contributed by atoms with Gasteiger partial charge in [0.15, 0.2) is 0 Å². The summed E-state index contributed by atoms with van der Waals surface area (Å²) in [6, 6.07) is 13.5. The fraction of sp³-hybridized carbons (Fsp3) is 0.278. The van der Waals surface area contributed by atoms with E-state index >= 15 is 0 Å². The third-order valence-electron chi connectivity index (χ3n) is 3.24. The summed E-state index contributed by atoms with van der Waals surface area (Å²) in [5.74, 6) is 0.745. The fourth-order valence-corrected chi connectivity index (χ4v) is 2.11. The summed E-state index contributed by atoms with van der Waals surface area (Å²) >= 11 is 0. The van der Waals surface area contributed by atoms with Gasteiger partial charge in [-0.25, -0.2) is 0 Å². The lowest BCUT2D eigenvalue weighted by Crippen LogP contribution is -2.24. The van der Waals surface area contributed by atoms with Crippen molar-refractivity contribution in [1.82, 2.24) is 5.32 Å². The van der Waals surface area contributed by atoms with Gasteiger partial charge in [-0.2, -0.15) is 8.78 Å². The summed E-state index contributed by atoms with van der Waals surface area (Å²) in [7, 11) is 0. The van der Waals surface area contributed by atoms with Gasteiger partial charge >= 0.3 is 6.61 Å². The first-order valence-corrected chi connectivity index (χ1v) is 7.59. The quantitative estimate of drug-likeness (QED) is 0.803. The van der Waals surface area contributed by atoms with Gasteiger partial charge < -0.3 is 14.8 Å². The van der Waals surface area contributed by atoms with Crippen molar-refractivity contribution in [1.29, 1.82) is 0 Å². The summed E-state index contributed by atoms with van der Waals surface area (Å²) in [4.78, 5) is 11.9. The molecule has 6 heteroatoms. The predicted octanol–water partition coefficient (Wildman–Crippen LogP) is 3.55. The van der Waals surface area contributed by atoms with Crippen LogP contribution in [0.5, 0.6) is 11.5 Å². The van der Waals surface area contributed by atoms with Crippen LogP contribution in [0.1, 0.15) is 18.1 Å². The molecule has 0 bridgehead atoms. The largest absolute Gasteiger partial charge is 0.494 e. The molecule has 24 heavy (non-hydrogen) atoms. The minimum absolute atomic E-state index is 0.0921.